The monoisotopic (exact) mass is 493 g/mol. The number of Topliss-reactive ketones (excluding diaryl/α,β-unsaturated/α-hetero) is 1. The number of ether oxygens (including phenoxy) is 3. The molecule has 1 aromatic heterocycles. The van der Waals surface area contributed by atoms with E-state index in [4.69, 9.17) is 14.2 Å². The number of thiophene rings is 1. The number of phenolic OH excluding ortho intramolecular Hbond substituents is 1. The Balaban J connectivity index is 1.65. The lowest BCUT2D eigenvalue weighted by Gasteiger charge is -2.25. The first kappa shape index (κ1) is 22.8. The van der Waals surface area contributed by atoms with Crippen LogP contribution in [0.1, 0.15) is 29.0 Å². The Kier molecular flexibility index (Phi) is 6.08. The van der Waals surface area contributed by atoms with E-state index in [2.05, 4.69) is 0 Å². The van der Waals surface area contributed by atoms with E-state index in [1.54, 1.807) is 37.3 Å². The second-order valence-corrected chi connectivity index (χ2v) is 9.06. The molecular formula is C26H23NO7S. The van der Waals surface area contributed by atoms with Crippen molar-refractivity contribution in [3.63, 3.8) is 0 Å². The number of nitrogens with zero attached hydrogens (tertiary/aromatic N) is 1. The Morgan fingerprint density at radius 3 is 2.66 bits per heavy atom. The summed E-state index contributed by atoms with van der Waals surface area (Å²) in [6.45, 7) is 3.10. The third-order valence-corrected chi connectivity index (χ3v) is 6.72. The summed E-state index contributed by atoms with van der Waals surface area (Å²) >= 11 is 1.47. The second kappa shape index (κ2) is 9.34. The molecule has 5 rings (SSSR count). The summed E-state index contributed by atoms with van der Waals surface area (Å²) in [5.41, 5.74) is 0.814. The lowest BCUT2D eigenvalue weighted by atomic mass is 9.94. The third-order valence-electron chi connectivity index (χ3n) is 5.86. The summed E-state index contributed by atoms with van der Waals surface area (Å²) in [6.07, 6.45) is 0. The van der Waals surface area contributed by atoms with Gasteiger partial charge < -0.3 is 29.3 Å². The largest absolute Gasteiger partial charge is 0.507 e. The van der Waals surface area contributed by atoms with Crippen molar-refractivity contribution in [1.82, 2.24) is 4.90 Å². The second-order valence-electron chi connectivity index (χ2n) is 8.02. The molecule has 2 aromatic carbocycles. The molecule has 0 aliphatic carbocycles. The maximum absolute atomic E-state index is 13.3. The van der Waals surface area contributed by atoms with E-state index in [0.29, 0.717) is 42.4 Å². The molecule has 180 valence electrons. The van der Waals surface area contributed by atoms with Gasteiger partial charge in [0, 0.05) is 10.4 Å². The van der Waals surface area contributed by atoms with Crippen molar-refractivity contribution in [3.05, 3.63) is 75.5 Å². The molecule has 35 heavy (non-hydrogen) atoms. The number of aliphatic hydroxyl groups excluding tert-OH is 1. The van der Waals surface area contributed by atoms with E-state index in [1.165, 1.54) is 22.3 Å². The molecule has 1 unspecified atom stereocenters. The van der Waals surface area contributed by atoms with Gasteiger partial charge in [-0.15, -0.1) is 11.3 Å². The molecule has 1 amide bonds. The van der Waals surface area contributed by atoms with Crippen LogP contribution in [0.15, 0.2) is 59.5 Å². The zero-order valence-electron chi connectivity index (χ0n) is 18.9. The quantitative estimate of drug-likeness (QED) is 0.301. The van der Waals surface area contributed by atoms with Gasteiger partial charge >= 0.3 is 0 Å². The molecule has 0 spiro atoms. The minimum atomic E-state index is -0.884. The summed E-state index contributed by atoms with van der Waals surface area (Å²) in [6, 6.07) is 12.4. The number of carbonyl (C=O) groups is 2. The number of amides is 1. The van der Waals surface area contributed by atoms with Gasteiger partial charge in [-0.2, -0.15) is 0 Å². The number of aromatic hydroxyl groups is 1. The molecular weight excluding hydrogens is 470 g/mol. The predicted octanol–water partition coefficient (Wildman–Crippen LogP) is 4.25. The Bertz CT molecular complexity index is 1320. The number of hydrogen-bond acceptors (Lipinski definition) is 8. The number of carbonyl (C=O) groups excluding carboxylic acids is 2. The fourth-order valence-electron chi connectivity index (χ4n) is 4.28. The van der Waals surface area contributed by atoms with Crippen molar-refractivity contribution in [2.45, 2.75) is 19.5 Å². The van der Waals surface area contributed by atoms with Crippen LogP contribution in [0.2, 0.25) is 0 Å². The Hall–Kier alpha value is -3.98. The lowest BCUT2D eigenvalue weighted by molar-refractivity contribution is -0.140. The van der Waals surface area contributed by atoms with Crippen LogP contribution >= 0.6 is 11.3 Å². The number of benzene rings is 2. The molecule has 1 atom stereocenters. The Labute approximate surface area is 205 Å². The van der Waals surface area contributed by atoms with Crippen LogP contribution < -0.4 is 14.2 Å². The highest BCUT2D eigenvalue weighted by molar-refractivity contribution is 7.09. The first-order chi connectivity index (χ1) is 17.0. The Morgan fingerprint density at radius 2 is 1.91 bits per heavy atom. The molecule has 0 bridgehead atoms. The van der Waals surface area contributed by atoms with Gasteiger partial charge in [-0.25, -0.2) is 0 Å². The summed E-state index contributed by atoms with van der Waals surface area (Å²) < 4.78 is 16.7. The van der Waals surface area contributed by atoms with E-state index in [-0.39, 0.29) is 29.4 Å². The van der Waals surface area contributed by atoms with Gasteiger partial charge in [0.25, 0.3) is 11.7 Å². The highest BCUT2D eigenvalue weighted by Gasteiger charge is 2.46. The van der Waals surface area contributed by atoms with Crippen LogP contribution in [0.5, 0.6) is 23.0 Å². The van der Waals surface area contributed by atoms with Gasteiger partial charge in [-0.1, -0.05) is 12.1 Å². The molecule has 2 aliphatic rings. The average molecular weight is 494 g/mol. The number of phenols is 1. The highest BCUT2D eigenvalue weighted by atomic mass is 32.1. The normalized spacial score (nSPS) is 18.7. The molecule has 0 radical (unpaired) electrons. The molecule has 3 heterocycles. The number of hydrogen-bond donors (Lipinski definition) is 2. The van der Waals surface area contributed by atoms with E-state index in [1.807, 2.05) is 17.5 Å². The number of aliphatic hydroxyl groups is 1. The van der Waals surface area contributed by atoms with E-state index >= 15 is 0 Å². The highest BCUT2D eigenvalue weighted by Crippen LogP contribution is 2.43. The van der Waals surface area contributed by atoms with E-state index < -0.39 is 17.7 Å². The van der Waals surface area contributed by atoms with Gasteiger partial charge in [-0.3, -0.25) is 9.59 Å². The van der Waals surface area contributed by atoms with Crippen LogP contribution in [0.4, 0.5) is 0 Å². The number of rotatable bonds is 6. The topological polar surface area (TPSA) is 106 Å². The van der Waals surface area contributed by atoms with Crippen LogP contribution in [0.25, 0.3) is 5.76 Å². The maximum atomic E-state index is 13.3. The fraction of sp³-hybridized carbons (Fsp3) is 0.231. The molecule has 8 nitrogen and oxygen atoms in total. The summed E-state index contributed by atoms with van der Waals surface area (Å²) in [5.74, 6) is -0.650. The smallest absolute Gasteiger partial charge is 0.295 e. The van der Waals surface area contributed by atoms with Crippen LogP contribution in [0, 0.1) is 0 Å². The van der Waals surface area contributed by atoms with Gasteiger partial charge in [0.2, 0.25) is 0 Å². The van der Waals surface area contributed by atoms with Crippen molar-refractivity contribution in [1.29, 1.82) is 0 Å². The Morgan fingerprint density at radius 1 is 1.11 bits per heavy atom. The van der Waals surface area contributed by atoms with Crippen molar-refractivity contribution in [2.75, 3.05) is 19.8 Å². The fourth-order valence-corrected chi connectivity index (χ4v) is 4.98. The van der Waals surface area contributed by atoms with Crippen molar-refractivity contribution >= 4 is 28.8 Å². The molecule has 2 aliphatic heterocycles. The van der Waals surface area contributed by atoms with Gasteiger partial charge in [-0.05, 0) is 54.3 Å². The molecule has 1 saturated heterocycles. The summed E-state index contributed by atoms with van der Waals surface area (Å²) in [7, 11) is 0. The number of ketones is 1. The van der Waals surface area contributed by atoms with Crippen LogP contribution in [-0.2, 0) is 16.1 Å². The molecule has 3 aromatic rings. The zero-order valence-corrected chi connectivity index (χ0v) is 19.7. The maximum Gasteiger partial charge on any atom is 0.295 e. The summed E-state index contributed by atoms with van der Waals surface area (Å²) in [4.78, 5) is 28.8. The van der Waals surface area contributed by atoms with Gasteiger partial charge in [0.1, 0.15) is 19.0 Å². The average Bonchev–Trinajstić information content (AvgIpc) is 3.47. The molecule has 9 heteroatoms. The number of fused-ring (bicyclic) bond motifs is 1. The lowest BCUT2D eigenvalue weighted by Crippen LogP contribution is -2.28. The minimum Gasteiger partial charge on any atom is -0.507 e. The van der Waals surface area contributed by atoms with Crippen molar-refractivity contribution in [3.8, 4) is 23.0 Å². The molecule has 2 N–H and O–H groups in total. The number of likely N-dealkylation sites (tertiary alicyclic amines) is 1. The van der Waals surface area contributed by atoms with Gasteiger partial charge in [0.15, 0.2) is 23.0 Å². The first-order valence-corrected chi connectivity index (χ1v) is 12.0. The van der Waals surface area contributed by atoms with Crippen LogP contribution in [0.3, 0.4) is 0 Å². The van der Waals surface area contributed by atoms with E-state index in [0.717, 1.165) is 4.88 Å². The SMILES string of the molecule is CCOc1cc(C2/C(=C(\O)c3ccc4c(c3)OCCO4)C(=O)C(=O)N2Cc2cccs2)ccc1O. The minimum absolute atomic E-state index is 0.0450. The van der Waals surface area contributed by atoms with E-state index in [9.17, 15) is 19.8 Å². The summed E-state index contributed by atoms with van der Waals surface area (Å²) in [5, 5.41) is 23.4. The van der Waals surface area contributed by atoms with Crippen molar-refractivity contribution < 1.29 is 34.0 Å². The predicted molar refractivity (Wildman–Crippen MR) is 129 cm³/mol. The zero-order chi connectivity index (χ0) is 24.5. The third kappa shape index (κ3) is 4.19. The standard InChI is InChI=1S/C26H23NO7S/c1-2-32-20-12-15(5-7-18(20)28)23-22(25(30)26(31)27(23)14-17-4-3-11-35-17)24(29)16-6-8-19-21(13-16)34-10-9-33-19/h3-8,11-13,23,28-29H,2,9-10,14H2,1H3/b24-22+. The first-order valence-electron chi connectivity index (χ1n) is 11.1. The van der Waals surface area contributed by atoms with Gasteiger partial charge in [0.05, 0.1) is 24.8 Å². The molecule has 0 saturated carbocycles. The van der Waals surface area contributed by atoms with Crippen LogP contribution in [-0.4, -0.2) is 46.6 Å². The molecule has 1 fully saturated rings. The van der Waals surface area contributed by atoms with Crippen molar-refractivity contribution in [2.24, 2.45) is 0 Å².